The number of nitrogens with one attached hydrogen (secondary N) is 1. The van der Waals surface area contributed by atoms with Crippen LogP contribution < -0.4 is 5.32 Å². The lowest BCUT2D eigenvalue weighted by atomic mass is 9.83. The molecule has 0 atom stereocenters. The Morgan fingerprint density at radius 2 is 2.11 bits per heavy atom. The smallest absolute Gasteiger partial charge is 0.253 e. The first kappa shape index (κ1) is 13.5. The Hall–Kier alpha value is -0.900. The van der Waals surface area contributed by atoms with Crippen LogP contribution in [0.1, 0.15) is 48.2 Å². The minimum atomic E-state index is -0.0692. The van der Waals surface area contributed by atoms with Gasteiger partial charge in [-0.2, -0.15) is 0 Å². The van der Waals surface area contributed by atoms with Crippen LogP contribution in [-0.2, 0) is 0 Å². The highest BCUT2D eigenvalue weighted by molar-refractivity contribution is 9.09. The molecule has 0 aromatic carbocycles. The van der Waals surface area contributed by atoms with Crippen LogP contribution in [0.4, 0.5) is 0 Å². The fourth-order valence-electron chi connectivity index (χ4n) is 2.44. The number of aryl methyl sites for hydroxylation is 1. The molecule has 1 aliphatic carbocycles. The predicted octanol–water partition coefficient (Wildman–Crippen LogP) is 3.22. The lowest BCUT2D eigenvalue weighted by Crippen LogP contribution is -2.51. The van der Waals surface area contributed by atoms with E-state index in [0.29, 0.717) is 5.56 Å². The number of hydrogen-bond acceptors (Lipinski definition) is 2. The first-order valence-corrected chi connectivity index (χ1v) is 7.58. The molecule has 1 saturated carbocycles. The lowest BCUT2D eigenvalue weighted by Gasteiger charge is -2.36. The number of carbonyl (C=O) groups excluding carboxylic acids is 1. The van der Waals surface area contributed by atoms with E-state index in [0.717, 1.165) is 23.9 Å². The van der Waals surface area contributed by atoms with Crippen molar-refractivity contribution in [2.45, 2.75) is 44.6 Å². The van der Waals surface area contributed by atoms with Crippen molar-refractivity contribution >= 4 is 21.8 Å². The van der Waals surface area contributed by atoms with E-state index in [1.54, 1.807) is 6.20 Å². The molecule has 0 aliphatic heterocycles. The van der Waals surface area contributed by atoms with E-state index in [9.17, 15) is 4.79 Å². The van der Waals surface area contributed by atoms with Crippen molar-refractivity contribution in [1.29, 1.82) is 0 Å². The molecule has 0 unspecified atom stereocenters. The predicted molar refractivity (Wildman–Crippen MR) is 76.1 cm³/mol. The number of halogens is 1. The average Bonchev–Trinajstić information content (AvgIpc) is 2.40. The number of carbonyl (C=O) groups is 1. The van der Waals surface area contributed by atoms with Gasteiger partial charge < -0.3 is 5.32 Å². The molecule has 2 rings (SSSR count). The monoisotopic (exact) mass is 310 g/mol. The summed E-state index contributed by atoms with van der Waals surface area (Å²) in [5.41, 5.74) is 1.51. The summed E-state index contributed by atoms with van der Waals surface area (Å²) in [6, 6.07) is 3.71. The second kappa shape index (κ2) is 5.83. The molecule has 3 nitrogen and oxygen atoms in total. The molecule has 0 bridgehead atoms. The van der Waals surface area contributed by atoms with Crippen LogP contribution >= 0.6 is 15.9 Å². The molecule has 18 heavy (non-hydrogen) atoms. The third-order valence-corrected chi connectivity index (χ3v) is 4.69. The van der Waals surface area contributed by atoms with E-state index < -0.39 is 0 Å². The minimum Gasteiger partial charge on any atom is -0.346 e. The summed E-state index contributed by atoms with van der Waals surface area (Å²) in [7, 11) is 0. The number of alkyl halides is 1. The normalized spacial score (nSPS) is 18.3. The topological polar surface area (TPSA) is 42.0 Å². The summed E-state index contributed by atoms with van der Waals surface area (Å²) >= 11 is 3.55. The van der Waals surface area contributed by atoms with E-state index in [2.05, 4.69) is 26.2 Å². The van der Waals surface area contributed by atoms with Gasteiger partial charge in [-0.3, -0.25) is 9.78 Å². The Bertz CT molecular complexity index is 410. The van der Waals surface area contributed by atoms with E-state index in [1.165, 1.54) is 19.3 Å². The Balaban J connectivity index is 2.07. The first-order valence-electron chi connectivity index (χ1n) is 6.46. The molecule has 0 radical (unpaired) electrons. The van der Waals surface area contributed by atoms with Crippen LogP contribution in [0.5, 0.6) is 0 Å². The second-order valence-corrected chi connectivity index (χ2v) is 5.68. The molecule has 0 saturated heterocycles. The van der Waals surface area contributed by atoms with Crippen molar-refractivity contribution in [1.82, 2.24) is 10.3 Å². The SMILES string of the molecule is Cc1ccc(C(=O)NC2(CBr)CCCCC2)cn1. The Morgan fingerprint density at radius 1 is 1.39 bits per heavy atom. The third-order valence-electron chi connectivity index (χ3n) is 3.62. The zero-order chi connectivity index (χ0) is 13.0. The van der Waals surface area contributed by atoms with Gasteiger partial charge in [0.05, 0.1) is 11.1 Å². The number of amides is 1. The maximum absolute atomic E-state index is 12.2. The van der Waals surface area contributed by atoms with Crippen molar-refractivity contribution in [2.24, 2.45) is 0 Å². The van der Waals surface area contributed by atoms with Crippen molar-refractivity contribution in [2.75, 3.05) is 5.33 Å². The molecule has 1 amide bonds. The van der Waals surface area contributed by atoms with Gasteiger partial charge in [0.25, 0.3) is 5.91 Å². The second-order valence-electron chi connectivity index (χ2n) is 5.12. The maximum Gasteiger partial charge on any atom is 0.253 e. The van der Waals surface area contributed by atoms with Crippen LogP contribution in [0.2, 0.25) is 0 Å². The number of hydrogen-bond donors (Lipinski definition) is 1. The summed E-state index contributed by atoms with van der Waals surface area (Å²) in [6.07, 6.45) is 7.43. The van der Waals surface area contributed by atoms with Gasteiger partial charge in [0.2, 0.25) is 0 Å². The summed E-state index contributed by atoms with van der Waals surface area (Å²) in [4.78, 5) is 16.4. The molecule has 1 aromatic rings. The van der Waals surface area contributed by atoms with Gasteiger partial charge >= 0.3 is 0 Å². The Morgan fingerprint density at radius 3 is 2.67 bits per heavy atom. The van der Waals surface area contributed by atoms with E-state index in [4.69, 9.17) is 0 Å². The van der Waals surface area contributed by atoms with Crippen LogP contribution in [0.25, 0.3) is 0 Å². The van der Waals surface area contributed by atoms with Crippen LogP contribution in [-0.4, -0.2) is 21.8 Å². The van der Waals surface area contributed by atoms with Crippen molar-refractivity contribution < 1.29 is 4.79 Å². The van der Waals surface area contributed by atoms with Crippen LogP contribution in [0.15, 0.2) is 18.3 Å². The number of nitrogens with zero attached hydrogens (tertiary/aromatic N) is 1. The molecule has 1 heterocycles. The summed E-state index contributed by atoms with van der Waals surface area (Å²) < 4.78 is 0. The molecule has 4 heteroatoms. The summed E-state index contributed by atoms with van der Waals surface area (Å²) in [5.74, 6) is -0.0103. The fourth-order valence-corrected chi connectivity index (χ4v) is 3.14. The molecule has 1 aliphatic rings. The van der Waals surface area contributed by atoms with E-state index in [-0.39, 0.29) is 11.4 Å². The fraction of sp³-hybridized carbons (Fsp3) is 0.571. The Labute approximate surface area is 117 Å². The molecule has 1 fully saturated rings. The van der Waals surface area contributed by atoms with E-state index in [1.807, 2.05) is 19.1 Å². The maximum atomic E-state index is 12.2. The molecule has 98 valence electrons. The summed E-state index contributed by atoms with van der Waals surface area (Å²) in [5, 5.41) is 4.02. The van der Waals surface area contributed by atoms with E-state index >= 15 is 0 Å². The standard InChI is InChI=1S/C14H19BrN2O/c1-11-5-6-12(9-16-11)13(18)17-14(10-15)7-3-2-4-8-14/h5-6,9H,2-4,7-8,10H2,1H3,(H,17,18). The molecule has 0 spiro atoms. The largest absolute Gasteiger partial charge is 0.346 e. The number of pyridine rings is 1. The van der Waals surface area contributed by atoms with Gasteiger partial charge in [-0.05, 0) is 31.9 Å². The highest BCUT2D eigenvalue weighted by Crippen LogP contribution is 2.30. The quantitative estimate of drug-likeness (QED) is 0.871. The molecule has 1 N–H and O–H groups in total. The summed E-state index contributed by atoms with van der Waals surface area (Å²) in [6.45, 7) is 1.92. The number of aromatic nitrogens is 1. The van der Waals surface area contributed by atoms with Crippen LogP contribution in [0, 0.1) is 6.92 Å². The van der Waals surface area contributed by atoms with Crippen molar-refractivity contribution in [3.8, 4) is 0 Å². The van der Waals surface area contributed by atoms with Gasteiger partial charge in [0, 0.05) is 17.2 Å². The minimum absolute atomic E-state index is 0.0103. The van der Waals surface area contributed by atoms with Gasteiger partial charge in [0.1, 0.15) is 0 Å². The number of rotatable bonds is 3. The average molecular weight is 311 g/mol. The van der Waals surface area contributed by atoms with Crippen molar-refractivity contribution in [3.05, 3.63) is 29.6 Å². The molecule has 1 aromatic heterocycles. The zero-order valence-corrected chi connectivity index (χ0v) is 12.3. The molecular formula is C14H19BrN2O. The van der Waals surface area contributed by atoms with Gasteiger partial charge in [-0.25, -0.2) is 0 Å². The van der Waals surface area contributed by atoms with Gasteiger partial charge in [-0.15, -0.1) is 0 Å². The van der Waals surface area contributed by atoms with Crippen molar-refractivity contribution in [3.63, 3.8) is 0 Å². The van der Waals surface area contributed by atoms with Gasteiger partial charge in [-0.1, -0.05) is 35.2 Å². The highest BCUT2D eigenvalue weighted by atomic mass is 79.9. The Kier molecular flexibility index (Phi) is 4.38. The third kappa shape index (κ3) is 3.10. The first-order chi connectivity index (χ1) is 8.65. The van der Waals surface area contributed by atoms with Gasteiger partial charge in [0.15, 0.2) is 0 Å². The van der Waals surface area contributed by atoms with Crippen LogP contribution in [0.3, 0.4) is 0 Å². The molecular weight excluding hydrogens is 292 g/mol. The highest BCUT2D eigenvalue weighted by Gasteiger charge is 2.32. The lowest BCUT2D eigenvalue weighted by molar-refractivity contribution is 0.0886. The zero-order valence-electron chi connectivity index (χ0n) is 10.7.